The zero-order chi connectivity index (χ0) is 42.2. The highest BCUT2D eigenvalue weighted by Gasteiger charge is 2.52. The monoisotopic (exact) mass is 817 g/mol. The Hall–Kier alpha value is -8.40. The van der Waals surface area contributed by atoms with Crippen molar-refractivity contribution in [3.05, 3.63) is 259 Å². The molecule has 10 aromatic carbocycles. The summed E-state index contributed by atoms with van der Waals surface area (Å²) in [4.78, 5) is 2.31. The van der Waals surface area contributed by atoms with Crippen LogP contribution in [0.25, 0.3) is 55.6 Å². The molecule has 2 aliphatic carbocycles. The van der Waals surface area contributed by atoms with Crippen molar-refractivity contribution in [3.8, 4) is 78.6 Å². The number of ether oxygens (including phenoxy) is 2. The van der Waals surface area contributed by atoms with Crippen molar-refractivity contribution < 1.29 is 9.47 Å². The van der Waals surface area contributed by atoms with Crippen LogP contribution < -0.4 is 14.4 Å². The summed E-state index contributed by atoms with van der Waals surface area (Å²) in [6.07, 6.45) is 0. The highest BCUT2D eigenvalue weighted by molar-refractivity contribution is 5.97. The summed E-state index contributed by atoms with van der Waals surface area (Å²) in [5.41, 5.74) is 19.4. The lowest BCUT2D eigenvalue weighted by Gasteiger charge is -2.33. The second kappa shape index (κ2) is 14.3. The molecule has 0 saturated carbocycles. The van der Waals surface area contributed by atoms with Gasteiger partial charge in [-0.15, -0.1) is 0 Å². The Morgan fingerprint density at radius 3 is 1.34 bits per heavy atom. The van der Waals surface area contributed by atoms with Gasteiger partial charge in [-0.3, -0.25) is 0 Å². The Kier molecular flexibility index (Phi) is 8.13. The molecule has 0 amide bonds. The summed E-state index contributed by atoms with van der Waals surface area (Å²) in [6.45, 7) is 0. The maximum Gasteiger partial charge on any atom is 0.194 e. The first kappa shape index (κ1) is 36.3. The zero-order valence-corrected chi connectivity index (χ0v) is 34.8. The molecule has 0 radical (unpaired) electrons. The third-order valence-corrected chi connectivity index (χ3v) is 13.4. The highest BCUT2D eigenvalue weighted by Crippen LogP contribution is 2.65. The minimum atomic E-state index is -0.481. The van der Waals surface area contributed by atoms with Crippen LogP contribution in [0.15, 0.2) is 237 Å². The van der Waals surface area contributed by atoms with Crippen molar-refractivity contribution >= 4 is 17.1 Å². The minimum absolute atomic E-state index is 0.481. The normalized spacial score (nSPS) is 13.1. The second-order valence-electron chi connectivity index (χ2n) is 16.7. The fraction of sp³-hybridized carbons (Fsp3) is 0.0164. The molecule has 13 rings (SSSR count). The summed E-state index contributed by atoms with van der Waals surface area (Å²) < 4.78 is 14.2. The van der Waals surface area contributed by atoms with Gasteiger partial charge in [-0.05, 0) is 115 Å². The van der Waals surface area contributed by atoms with Crippen molar-refractivity contribution in [3.63, 3.8) is 0 Å². The summed E-state index contributed by atoms with van der Waals surface area (Å²) in [5.74, 6) is 2.72. The Balaban J connectivity index is 0.968. The van der Waals surface area contributed by atoms with Crippen molar-refractivity contribution in [1.82, 2.24) is 0 Å². The van der Waals surface area contributed by atoms with Gasteiger partial charge in [0.25, 0.3) is 0 Å². The standard InChI is InChI=1S/C61H39NO2/c1-3-18-40(19-4-1)44-22-7-8-23-45(44)42-34-36-43(37-35-42)62(55-31-16-12-24-46(55)41-20-5-2-6-21-41)56-32-17-33-57-60(56)64-58-38-50-49-27-11-15-30-53(49)61(54(50)39-59(58)63-57)51-28-13-9-25-47(51)48-26-10-14-29-52(48)61/h1-39H. The Labute approximate surface area is 372 Å². The average molecular weight is 818 g/mol. The lowest BCUT2D eigenvalue weighted by Crippen LogP contribution is -2.25. The fourth-order valence-electron chi connectivity index (χ4n) is 10.7. The van der Waals surface area contributed by atoms with Crippen molar-refractivity contribution in [2.75, 3.05) is 4.90 Å². The molecule has 3 aliphatic rings. The molecule has 0 unspecified atom stereocenters. The van der Waals surface area contributed by atoms with Gasteiger partial charge in [0, 0.05) is 11.3 Å². The van der Waals surface area contributed by atoms with Crippen LogP contribution in [0.2, 0.25) is 0 Å². The van der Waals surface area contributed by atoms with Gasteiger partial charge in [-0.1, -0.05) is 194 Å². The van der Waals surface area contributed by atoms with Crippen molar-refractivity contribution in [1.29, 1.82) is 0 Å². The van der Waals surface area contributed by atoms with Crippen molar-refractivity contribution in [2.45, 2.75) is 5.41 Å². The smallest absolute Gasteiger partial charge is 0.194 e. The van der Waals surface area contributed by atoms with Gasteiger partial charge in [0.15, 0.2) is 23.0 Å². The van der Waals surface area contributed by atoms with Gasteiger partial charge in [0.2, 0.25) is 0 Å². The lowest BCUT2D eigenvalue weighted by molar-refractivity contribution is 0.360. The first-order valence-electron chi connectivity index (χ1n) is 21.9. The number of para-hydroxylation sites is 2. The molecule has 0 atom stereocenters. The van der Waals surface area contributed by atoms with Crippen LogP contribution in [0, 0.1) is 0 Å². The first-order chi connectivity index (χ1) is 31.8. The summed E-state index contributed by atoms with van der Waals surface area (Å²) >= 11 is 0. The number of benzene rings is 10. The first-order valence-corrected chi connectivity index (χ1v) is 21.9. The van der Waals surface area contributed by atoms with E-state index in [1.807, 2.05) is 6.07 Å². The van der Waals surface area contributed by atoms with E-state index in [1.54, 1.807) is 0 Å². The van der Waals surface area contributed by atoms with Crippen LogP contribution in [0.4, 0.5) is 17.1 Å². The molecule has 0 saturated heterocycles. The number of fused-ring (bicyclic) bond motifs is 12. The van der Waals surface area contributed by atoms with E-state index < -0.39 is 5.41 Å². The summed E-state index contributed by atoms with van der Waals surface area (Å²) in [5, 5.41) is 0. The molecule has 0 fully saturated rings. The molecule has 1 aliphatic heterocycles. The summed E-state index contributed by atoms with van der Waals surface area (Å²) in [7, 11) is 0. The SMILES string of the molecule is c1ccc(-c2ccccc2-c2ccc(N(c3ccccc3-c3ccccc3)c3cccc4c3Oc3cc5c(cc3O4)C3(c4ccccc4-c4ccccc43)c3ccccc3-5)cc2)cc1. The fourth-order valence-corrected chi connectivity index (χ4v) is 10.7. The molecule has 1 heterocycles. The van der Waals surface area contributed by atoms with Crippen LogP contribution in [-0.2, 0) is 5.41 Å². The molecule has 0 bridgehead atoms. The largest absolute Gasteiger partial charge is 0.449 e. The van der Waals surface area contributed by atoms with E-state index in [4.69, 9.17) is 9.47 Å². The predicted octanol–water partition coefficient (Wildman–Crippen LogP) is 16.4. The maximum atomic E-state index is 7.20. The van der Waals surface area contributed by atoms with Crippen LogP contribution in [0.5, 0.6) is 23.0 Å². The van der Waals surface area contributed by atoms with E-state index in [0.29, 0.717) is 23.0 Å². The number of rotatable bonds is 6. The maximum absolute atomic E-state index is 7.20. The molecule has 0 N–H and O–H groups in total. The van der Waals surface area contributed by atoms with Gasteiger partial charge in [-0.25, -0.2) is 0 Å². The van der Waals surface area contributed by atoms with Crippen LogP contribution in [0.3, 0.4) is 0 Å². The van der Waals surface area contributed by atoms with E-state index in [9.17, 15) is 0 Å². The van der Waals surface area contributed by atoms with Crippen LogP contribution in [-0.4, -0.2) is 0 Å². The predicted molar refractivity (Wildman–Crippen MR) is 260 cm³/mol. The third kappa shape index (κ3) is 5.34. The van der Waals surface area contributed by atoms with Crippen LogP contribution in [0.1, 0.15) is 22.3 Å². The quantitative estimate of drug-likeness (QED) is 0.167. The molecular weight excluding hydrogens is 779 g/mol. The Morgan fingerprint density at radius 2 is 0.734 bits per heavy atom. The molecule has 3 nitrogen and oxygen atoms in total. The molecule has 3 heteroatoms. The summed E-state index contributed by atoms with van der Waals surface area (Å²) in [6, 6.07) is 84.6. The number of nitrogens with zero attached hydrogens (tertiary/aromatic N) is 1. The zero-order valence-electron chi connectivity index (χ0n) is 34.8. The molecule has 10 aromatic rings. The number of hydrogen-bond donors (Lipinski definition) is 0. The second-order valence-corrected chi connectivity index (χ2v) is 16.7. The van der Waals surface area contributed by atoms with Gasteiger partial charge in [0.1, 0.15) is 0 Å². The highest BCUT2D eigenvalue weighted by atomic mass is 16.6. The Morgan fingerprint density at radius 1 is 0.281 bits per heavy atom. The van der Waals surface area contributed by atoms with Gasteiger partial charge < -0.3 is 14.4 Å². The lowest BCUT2D eigenvalue weighted by atomic mass is 9.70. The molecule has 0 aromatic heterocycles. The third-order valence-electron chi connectivity index (χ3n) is 13.4. The van der Waals surface area contributed by atoms with E-state index in [2.05, 4.69) is 235 Å². The average Bonchev–Trinajstić information content (AvgIpc) is 3.83. The van der Waals surface area contributed by atoms with E-state index in [-0.39, 0.29) is 0 Å². The van der Waals surface area contributed by atoms with Gasteiger partial charge >= 0.3 is 0 Å². The molecule has 1 spiro atoms. The van der Waals surface area contributed by atoms with E-state index in [0.717, 1.165) is 39.3 Å². The number of anilines is 3. The van der Waals surface area contributed by atoms with Crippen LogP contribution >= 0.6 is 0 Å². The van der Waals surface area contributed by atoms with Gasteiger partial charge in [-0.2, -0.15) is 0 Å². The molecule has 300 valence electrons. The molecule has 64 heavy (non-hydrogen) atoms. The minimum Gasteiger partial charge on any atom is -0.449 e. The van der Waals surface area contributed by atoms with E-state index in [1.165, 1.54) is 55.6 Å². The Bertz CT molecular complexity index is 3400. The van der Waals surface area contributed by atoms with Crippen molar-refractivity contribution in [2.24, 2.45) is 0 Å². The molecular formula is C61H39NO2. The van der Waals surface area contributed by atoms with E-state index >= 15 is 0 Å². The number of hydrogen-bond acceptors (Lipinski definition) is 3. The van der Waals surface area contributed by atoms with Gasteiger partial charge in [0.05, 0.1) is 16.8 Å². The topological polar surface area (TPSA) is 21.7 Å².